The Morgan fingerprint density at radius 2 is 2.15 bits per heavy atom. The molecule has 0 aromatic carbocycles. The molecule has 3 nitrogen and oxygen atoms in total. The number of methoxy groups -OCH3 is 1. The SMILES string of the molecule is CC[C@]12O[C@@H](C)[C@H](N[C@H]1C)[C@@H]2OC. The van der Waals surface area contributed by atoms with Crippen LogP contribution in [0.3, 0.4) is 0 Å². The van der Waals surface area contributed by atoms with Crippen LogP contribution in [-0.2, 0) is 9.47 Å². The van der Waals surface area contributed by atoms with Crippen LogP contribution in [0, 0.1) is 0 Å². The summed E-state index contributed by atoms with van der Waals surface area (Å²) < 4.78 is 11.6. The standard InChI is InChI=1S/C10H19NO2/c1-5-10-7(3)11-8(6(2)13-10)9(10)12-4/h6-9,11H,5H2,1-4H3/t6-,7-,8-,9-,10-/m0/s1. The van der Waals surface area contributed by atoms with Crippen molar-refractivity contribution in [1.29, 1.82) is 0 Å². The lowest BCUT2D eigenvalue weighted by molar-refractivity contribution is -0.107. The van der Waals surface area contributed by atoms with E-state index in [-0.39, 0.29) is 17.8 Å². The van der Waals surface area contributed by atoms with Crippen LogP contribution in [0.25, 0.3) is 0 Å². The van der Waals surface area contributed by atoms with Crippen molar-refractivity contribution in [3.63, 3.8) is 0 Å². The maximum absolute atomic E-state index is 6.03. The molecule has 0 spiro atoms. The minimum absolute atomic E-state index is 0.0845. The predicted octanol–water partition coefficient (Wildman–Crippen LogP) is 0.929. The Hall–Kier alpha value is -0.120. The molecule has 0 amide bonds. The Balaban J connectivity index is 2.29. The van der Waals surface area contributed by atoms with Crippen molar-refractivity contribution in [1.82, 2.24) is 5.32 Å². The highest BCUT2D eigenvalue weighted by atomic mass is 16.6. The fourth-order valence-corrected chi connectivity index (χ4v) is 2.97. The number of morpholine rings is 1. The molecule has 0 aromatic rings. The van der Waals surface area contributed by atoms with Crippen LogP contribution < -0.4 is 5.32 Å². The molecule has 0 saturated carbocycles. The second kappa shape index (κ2) is 2.94. The van der Waals surface area contributed by atoms with E-state index in [0.29, 0.717) is 12.1 Å². The van der Waals surface area contributed by atoms with Crippen LogP contribution in [0.1, 0.15) is 27.2 Å². The van der Waals surface area contributed by atoms with Crippen molar-refractivity contribution in [3.05, 3.63) is 0 Å². The van der Waals surface area contributed by atoms with Gasteiger partial charge in [-0.2, -0.15) is 0 Å². The third-order valence-electron chi connectivity index (χ3n) is 3.70. The monoisotopic (exact) mass is 185 g/mol. The molecule has 5 atom stereocenters. The van der Waals surface area contributed by atoms with Gasteiger partial charge in [0.15, 0.2) is 0 Å². The fourth-order valence-electron chi connectivity index (χ4n) is 2.97. The molecule has 76 valence electrons. The topological polar surface area (TPSA) is 30.5 Å². The minimum atomic E-state index is -0.0845. The van der Waals surface area contributed by atoms with Crippen molar-refractivity contribution in [2.24, 2.45) is 0 Å². The molecule has 2 aliphatic heterocycles. The van der Waals surface area contributed by atoms with Gasteiger partial charge in [-0.05, 0) is 20.3 Å². The summed E-state index contributed by atoms with van der Waals surface area (Å²) in [7, 11) is 1.78. The van der Waals surface area contributed by atoms with Gasteiger partial charge >= 0.3 is 0 Å². The summed E-state index contributed by atoms with van der Waals surface area (Å²) in [4.78, 5) is 0. The Morgan fingerprint density at radius 1 is 1.46 bits per heavy atom. The van der Waals surface area contributed by atoms with Gasteiger partial charge in [0.25, 0.3) is 0 Å². The number of fused-ring (bicyclic) bond motifs is 2. The number of ether oxygens (including phenoxy) is 2. The summed E-state index contributed by atoms with van der Waals surface area (Å²) in [6, 6.07) is 0.781. The van der Waals surface area contributed by atoms with Crippen LogP contribution in [0.15, 0.2) is 0 Å². The van der Waals surface area contributed by atoms with Gasteiger partial charge in [0.2, 0.25) is 0 Å². The summed E-state index contributed by atoms with van der Waals surface area (Å²) in [5.74, 6) is 0. The van der Waals surface area contributed by atoms with E-state index in [4.69, 9.17) is 9.47 Å². The molecule has 2 saturated heterocycles. The molecule has 0 aromatic heterocycles. The van der Waals surface area contributed by atoms with Crippen molar-refractivity contribution in [2.75, 3.05) is 7.11 Å². The van der Waals surface area contributed by atoms with Gasteiger partial charge in [0.1, 0.15) is 11.7 Å². The van der Waals surface area contributed by atoms with Crippen molar-refractivity contribution >= 4 is 0 Å². The summed E-state index contributed by atoms with van der Waals surface area (Å²) in [6.07, 6.45) is 1.52. The first-order chi connectivity index (χ1) is 6.15. The van der Waals surface area contributed by atoms with Gasteiger partial charge in [-0.25, -0.2) is 0 Å². The van der Waals surface area contributed by atoms with Crippen LogP contribution in [0.2, 0.25) is 0 Å². The zero-order valence-electron chi connectivity index (χ0n) is 8.83. The third kappa shape index (κ3) is 1.01. The minimum Gasteiger partial charge on any atom is -0.377 e. The Bertz CT molecular complexity index is 209. The van der Waals surface area contributed by atoms with E-state index in [9.17, 15) is 0 Å². The normalized spacial score (nSPS) is 54.5. The van der Waals surface area contributed by atoms with E-state index in [2.05, 4.69) is 26.1 Å². The molecule has 0 radical (unpaired) electrons. The van der Waals surface area contributed by atoms with E-state index in [1.165, 1.54) is 0 Å². The molecule has 1 N–H and O–H groups in total. The number of nitrogens with one attached hydrogen (secondary N) is 1. The van der Waals surface area contributed by atoms with Gasteiger partial charge < -0.3 is 14.8 Å². The molecule has 2 aliphatic rings. The number of hydrogen-bond donors (Lipinski definition) is 1. The Morgan fingerprint density at radius 3 is 2.62 bits per heavy atom. The van der Waals surface area contributed by atoms with Crippen molar-refractivity contribution in [3.8, 4) is 0 Å². The maximum Gasteiger partial charge on any atom is 0.111 e. The second-order valence-electron chi connectivity index (χ2n) is 4.20. The maximum atomic E-state index is 6.03. The highest BCUT2D eigenvalue weighted by Crippen LogP contribution is 2.43. The lowest BCUT2D eigenvalue weighted by Gasteiger charge is -2.35. The first kappa shape index (κ1) is 9.44. The predicted molar refractivity (Wildman–Crippen MR) is 50.8 cm³/mol. The molecule has 0 aliphatic carbocycles. The molecule has 2 heterocycles. The van der Waals surface area contributed by atoms with Gasteiger partial charge in [-0.3, -0.25) is 0 Å². The Kier molecular flexibility index (Phi) is 2.13. The molecule has 13 heavy (non-hydrogen) atoms. The molecular formula is C10H19NO2. The summed E-state index contributed by atoms with van der Waals surface area (Å²) in [5.41, 5.74) is -0.0845. The molecule has 3 heteroatoms. The van der Waals surface area contributed by atoms with Crippen LogP contribution in [-0.4, -0.2) is 37.0 Å². The van der Waals surface area contributed by atoms with Gasteiger partial charge in [-0.1, -0.05) is 6.92 Å². The van der Waals surface area contributed by atoms with Gasteiger partial charge in [-0.15, -0.1) is 0 Å². The molecule has 2 bridgehead atoms. The van der Waals surface area contributed by atoms with E-state index >= 15 is 0 Å². The smallest absolute Gasteiger partial charge is 0.111 e. The number of hydrogen-bond acceptors (Lipinski definition) is 3. The van der Waals surface area contributed by atoms with Crippen LogP contribution in [0.4, 0.5) is 0 Å². The average Bonchev–Trinajstić information content (AvgIpc) is 2.54. The average molecular weight is 185 g/mol. The molecule has 0 unspecified atom stereocenters. The Labute approximate surface area is 79.8 Å². The second-order valence-corrected chi connectivity index (χ2v) is 4.20. The lowest BCUT2D eigenvalue weighted by Crippen LogP contribution is -2.50. The van der Waals surface area contributed by atoms with E-state index in [0.717, 1.165) is 6.42 Å². The summed E-state index contributed by atoms with van der Waals surface area (Å²) in [6.45, 7) is 6.47. The van der Waals surface area contributed by atoms with Gasteiger partial charge in [0, 0.05) is 13.2 Å². The lowest BCUT2D eigenvalue weighted by atomic mass is 9.90. The summed E-state index contributed by atoms with van der Waals surface area (Å²) in [5, 5.41) is 3.55. The van der Waals surface area contributed by atoms with Gasteiger partial charge in [0.05, 0.1) is 12.1 Å². The largest absolute Gasteiger partial charge is 0.377 e. The first-order valence-corrected chi connectivity index (χ1v) is 5.12. The summed E-state index contributed by atoms with van der Waals surface area (Å²) >= 11 is 0. The van der Waals surface area contributed by atoms with E-state index < -0.39 is 0 Å². The highest BCUT2D eigenvalue weighted by molar-refractivity contribution is 5.16. The molecule has 2 fully saturated rings. The molecular weight excluding hydrogens is 166 g/mol. The zero-order valence-corrected chi connectivity index (χ0v) is 8.83. The quantitative estimate of drug-likeness (QED) is 0.694. The molecule has 2 rings (SSSR count). The fraction of sp³-hybridized carbons (Fsp3) is 1.00. The van der Waals surface area contributed by atoms with E-state index in [1.807, 2.05) is 0 Å². The first-order valence-electron chi connectivity index (χ1n) is 5.12. The highest BCUT2D eigenvalue weighted by Gasteiger charge is 2.61. The van der Waals surface area contributed by atoms with Crippen LogP contribution >= 0.6 is 0 Å². The van der Waals surface area contributed by atoms with Crippen molar-refractivity contribution < 1.29 is 9.47 Å². The van der Waals surface area contributed by atoms with Crippen LogP contribution in [0.5, 0.6) is 0 Å². The zero-order chi connectivity index (χ0) is 9.64. The third-order valence-corrected chi connectivity index (χ3v) is 3.70. The number of rotatable bonds is 2. The van der Waals surface area contributed by atoms with E-state index in [1.54, 1.807) is 7.11 Å². The van der Waals surface area contributed by atoms with Crippen molar-refractivity contribution in [2.45, 2.75) is 57.1 Å².